The van der Waals surface area contributed by atoms with Gasteiger partial charge in [0.05, 0.1) is 6.61 Å². The van der Waals surface area contributed by atoms with Crippen molar-refractivity contribution >= 4 is 31.2 Å². The van der Waals surface area contributed by atoms with E-state index in [4.69, 9.17) is 30.4 Å². The molecule has 0 heterocycles. The fourth-order valence-electron chi connectivity index (χ4n) is 1.22. The van der Waals surface area contributed by atoms with Crippen molar-refractivity contribution < 1.29 is 29.4 Å². The first-order chi connectivity index (χ1) is 7.20. The van der Waals surface area contributed by atoms with Crippen LogP contribution >= 0.6 is 0 Å². The maximum Gasteiger partial charge on any atom is 2.00 e. The summed E-state index contributed by atoms with van der Waals surface area (Å²) in [5.74, 6) is 0.735. The van der Waals surface area contributed by atoms with E-state index in [0.29, 0.717) is 13.0 Å². The Kier molecular flexibility index (Phi) is 16.5. The van der Waals surface area contributed by atoms with Crippen LogP contribution in [0.25, 0.3) is 0 Å². The Bertz CT molecular complexity index is 173. The molecule has 0 radical (unpaired) electrons. The molecule has 0 aromatic heterocycles. The average Bonchev–Trinajstić information content (AvgIpc) is 2.22. The van der Waals surface area contributed by atoms with Gasteiger partial charge in [0.25, 0.3) is 0 Å². The van der Waals surface area contributed by atoms with Crippen molar-refractivity contribution in [1.29, 1.82) is 0 Å². The SMILES string of the molecule is O=C(CCCCC([S-])CC[S-])NCCO.[Zn+2]. The van der Waals surface area contributed by atoms with Gasteiger partial charge in [-0.25, -0.2) is 0 Å². The van der Waals surface area contributed by atoms with Gasteiger partial charge in [0.2, 0.25) is 5.91 Å². The molecular weight excluding hydrogens is 296 g/mol. The molecule has 90 valence electrons. The number of rotatable bonds is 9. The molecule has 0 aliphatic heterocycles. The molecular formula is C10H19NO2S2Zn. The van der Waals surface area contributed by atoms with Crippen LogP contribution in [0.2, 0.25) is 0 Å². The van der Waals surface area contributed by atoms with Gasteiger partial charge in [0, 0.05) is 13.0 Å². The number of amides is 1. The third-order valence-electron chi connectivity index (χ3n) is 2.05. The zero-order valence-corrected chi connectivity index (χ0v) is 14.2. The van der Waals surface area contributed by atoms with Crippen molar-refractivity contribution in [2.45, 2.75) is 37.4 Å². The molecule has 16 heavy (non-hydrogen) atoms. The molecule has 0 spiro atoms. The number of unbranched alkanes of at least 4 members (excludes halogenated alkanes) is 1. The van der Waals surface area contributed by atoms with Gasteiger partial charge in [-0.1, -0.05) is 19.3 Å². The molecule has 2 N–H and O–H groups in total. The summed E-state index contributed by atoms with van der Waals surface area (Å²) >= 11 is 10.0. The standard InChI is InChI=1S/C10H21NO2S2.Zn/c12-7-6-11-10(13)4-2-1-3-9(15)5-8-14;/h9,12,14-15H,1-8H2,(H,11,13);/q;+2/p-2. The van der Waals surface area contributed by atoms with Gasteiger partial charge < -0.3 is 35.7 Å². The minimum absolute atomic E-state index is 0. The second kappa shape index (κ2) is 13.8. The predicted octanol–water partition coefficient (Wildman–Crippen LogP) is 0.505. The van der Waals surface area contributed by atoms with E-state index < -0.39 is 0 Å². The van der Waals surface area contributed by atoms with E-state index in [0.717, 1.165) is 31.4 Å². The van der Waals surface area contributed by atoms with Crippen molar-refractivity contribution in [3.05, 3.63) is 0 Å². The molecule has 0 rings (SSSR count). The topological polar surface area (TPSA) is 49.3 Å². The van der Waals surface area contributed by atoms with Crippen molar-refractivity contribution in [1.82, 2.24) is 5.32 Å². The first-order valence-electron chi connectivity index (χ1n) is 5.32. The minimum Gasteiger partial charge on any atom is -0.793 e. The zero-order valence-electron chi connectivity index (χ0n) is 9.61. The number of carbonyl (C=O) groups excluding carboxylic acids is 1. The molecule has 0 aliphatic carbocycles. The van der Waals surface area contributed by atoms with E-state index in [2.05, 4.69) is 5.32 Å². The summed E-state index contributed by atoms with van der Waals surface area (Å²) in [4.78, 5) is 11.1. The van der Waals surface area contributed by atoms with E-state index in [1.165, 1.54) is 0 Å². The van der Waals surface area contributed by atoms with Gasteiger partial charge in [-0.15, -0.1) is 0 Å². The van der Waals surface area contributed by atoms with Crippen LogP contribution in [-0.4, -0.2) is 35.2 Å². The van der Waals surface area contributed by atoms with Crippen LogP contribution in [0.1, 0.15) is 32.1 Å². The molecule has 0 bridgehead atoms. The Morgan fingerprint density at radius 3 is 2.56 bits per heavy atom. The fourth-order valence-corrected chi connectivity index (χ4v) is 1.94. The van der Waals surface area contributed by atoms with Gasteiger partial charge in [-0.2, -0.15) is 11.0 Å². The minimum atomic E-state index is -0.00118. The molecule has 3 nitrogen and oxygen atoms in total. The fraction of sp³-hybridized carbons (Fsp3) is 0.900. The van der Waals surface area contributed by atoms with E-state index in [1.54, 1.807) is 0 Å². The van der Waals surface area contributed by atoms with Crippen LogP contribution in [0.4, 0.5) is 0 Å². The summed E-state index contributed by atoms with van der Waals surface area (Å²) in [6.07, 6.45) is 4.26. The Morgan fingerprint density at radius 1 is 1.31 bits per heavy atom. The molecule has 0 aliphatic rings. The van der Waals surface area contributed by atoms with Gasteiger partial charge >= 0.3 is 19.5 Å². The maximum absolute atomic E-state index is 11.1. The van der Waals surface area contributed by atoms with E-state index in [9.17, 15) is 4.79 Å². The number of aliphatic hydroxyl groups is 1. The van der Waals surface area contributed by atoms with Gasteiger partial charge in [0.1, 0.15) is 0 Å². The van der Waals surface area contributed by atoms with Crippen LogP contribution in [0.15, 0.2) is 0 Å². The van der Waals surface area contributed by atoms with Crippen LogP contribution in [0.3, 0.4) is 0 Å². The van der Waals surface area contributed by atoms with E-state index in [-0.39, 0.29) is 37.2 Å². The summed E-state index contributed by atoms with van der Waals surface area (Å²) < 4.78 is 0. The maximum atomic E-state index is 11.1. The molecule has 1 unspecified atom stereocenters. The molecule has 6 heteroatoms. The molecule has 0 fully saturated rings. The number of carbonyl (C=O) groups is 1. The van der Waals surface area contributed by atoms with E-state index in [1.807, 2.05) is 0 Å². The third kappa shape index (κ3) is 12.8. The monoisotopic (exact) mass is 313 g/mol. The summed E-state index contributed by atoms with van der Waals surface area (Å²) in [6.45, 7) is 0.344. The normalized spacial score (nSPS) is 11.7. The van der Waals surface area contributed by atoms with Crippen LogP contribution in [0.5, 0.6) is 0 Å². The Morgan fingerprint density at radius 2 is 2.00 bits per heavy atom. The molecule has 1 amide bonds. The average molecular weight is 315 g/mol. The zero-order chi connectivity index (χ0) is 11.5. The molecule has 1 atom stereocenters. The summed E-state index contributed by atoms with van der Waals surface area (Å²) in [7, 11) is 0. The smallest absolute Gasteiger partial charge is 0.793 e. The van der Waals surface area contributed by atoms with Crippen molar-refractivity contribution in [3.63, 3.8) is 0 Å². The van der Waals surface area contributed by atoms with Crippen molar-refractivity contribution in [2.24, 2.45) is 0 Å². The third-order valence-corrected chi connectivity index (χ3v) is 2.76. The van der Waals surface area contributed by atoms with Gasteiger partial charge in [-0.05, 0) is 6.42 Å². The molecule has 0 saturated carbocycles. The van der Waals surface area contributed by atoms with Crippen molar-refractivity contribution in [2.75, 3.05) is 18.9 Å². The Labute approximate surface area is 122 Å². The van der Waals surface area contributed by atoms with Gasteiger partial charge in [-0.3, -0.25) is 4.79 Å². The first kappa shape index (κ1) is 19.1. The van der Waals surface area contributed by atoms with E-state index >= 15 is 0 Å². The van der Waals surface area contributed by atoms with Gasteiger partial charge in [0.15, 0.2) is 0 Å². The summed E-state index contributed by atoms with van der Waals surface area (Å²) in [6, 6.07) is 0. The van der Waals surface area contributed by atoms with Crippen molar-refractivity contribution in [3.8, 4) is 0 Å². The van der Waals surface area contributed by atoms with Crippen LogP contribution < -0.4 is 5.32 Å². The van der Waals surface area contributed by atoms with Crippen LogP contribution in [-0.2, 0) is 49.5 Å². The first-order valence-corrected chi connectivity index (χ1v) is 6.37. The summed E-state index contributed by atoms with van der Waals surface area (Å²) in [5, 5.41) is 11.4. The molecule has 0 saturated heterocycles. The number of aliphatic hydroxyl groups excluding tert-OH is 1. The predicted molar refractivity (Wildman–Crippen MR) is 66.6 cm³/mol. The second-order valence-corrected chi connectivity index (χ2v) is 4.51. The Hall–Kier alpha value is 0.753. The largest absolute Gasteiger partial charge is 2.00 e. The second-order valence-electron chi connectivity index (χ2n) is 3.43. The summed E-state index contributed by atoms with van der Waals surface area (Å²) in [5.41, 5.74) is 0. The molecule has 0 aromatic carbocycles. The number of nitrogens with one attached hydrogen (secondary N) is 1. The number of hydrogen-bond acceptors (Lipinski definition) is 4. The molecule has 0 aromatic rings. The van der Waals surface area contributed by atoms with Crippen LogP contribution in [0, 0.1) is 0 Å². The quantitative estimate of drug-likeness (QED) is 0.370. The Balaban J connectivity index is 0. The number of hydrogen-bond donors (Lipinski definition) is 2.